The van der Waals surface area contributed by atoms with Gasteiger partial charge in [0.25, 0.3) is 0 Å². The molecule has 0 aromatic heterocycles. The van der Waals surface area contributed by atoms with E-state index in [1.807, 2.05) is 6.07 Å². The fourth-order valence-electron chi connectivity index (χ4n) is 5.42. The second kappa shape index (κ2) is 10.4. The first kappa shape index (κ1) is 23.2. The molecule has 5 rings (SSSR count). The number of carbonyl (C=O) groups is 1. The van der Waals surface area contributed by atoms with Gasteiger partial charge in [0.05, 0.1) is 18.8 Å². The van der Waals surface area contributed by atoms with Crippen LogP contribution in [-0.4, -0.2) is 38.0 Å². The highest BCUT2D eigenvalue weighted by atomic mass is 16.6. The molecule has 1 saturated carbocycles. The van der Waals surface area contributed by atoms with Crippen LogP contribution in [0.1, 0.15) is 51.5 Å². The minimum atomic E-state index is -0.203. The van der Waals surface area contributed by atoms with Crippen molar-refractivity contribution in [1.29, 1.82) is 0 Å². The summed E-state index contributed by atoms with van der Waals surface area (Å²) in [5, 5.41) is 0. The number of carbonyl (C=O) groups excluding carboxylic acids is 1. The van der Waals surface area contributed by atoms with Crippen LogP contribution >= 0.6 is 0 Å². The maximum Gasteiger partial charge on any atom is 0.302 e. The Bertz CT molecular complexity index is 986. The summed E-state index contributed by atoms with van der Waals surface area (Å²) in [6.45, 7) is 5.36. The fourth-order valence-corrected chi connectivity index (χ4v) is 5.42. The Morgan fingerprint density at radius 3 is 2.71 bits per heavy atom. The van der Waals surface area contributed by atoms with E-state index in [9.17, 15) is 4.79 Å². The van der Waals surface area contributed by atoms with Gasteiger partial charge >= 0.3 is 5.97 Å². The molecule has 0 N–H and O–H groups in total. The predicted octanol–water partition coefficient (Wildman–Crippen LogP) is 5.59. The minimum Gasteiger partial charge on any atom is -0.486 e. The average Bonchev–Trinajstić information content (AvgIpc) is 3.70. The van der Waals surface area contributed by atoms with Crippen molar-refractivity contribution in [2.24, 2.45) is 17.8 Å². The first-order valence-corrected chi connectivity index (χ1v) is 12.9. The molecule has 2 heterocycles. The van der Waals surface area contributed by atoms with E-state index in [1.54, 1.807) is 0 Å². The number of allylic oxidation sites excluding steroid dienone is 4. The van der Waals surface area contributed by atoms with E-state index in [1.165, 1.54) is 36.5 Å². The van der Waals surface area contributed by atoms with Crippen molar-refractivity contribution in [3.63, 3.8) is 0 Å². The van der Waals surface area contributed by atoms with Crippen LogP contribution in [0, 0.1) is 17.8 Å². The molecule has 4 aliphatic rings. The van der Waals surface area contributed by atoms with Crippen molar-refractivity contribution in [1.82, 2.24) is 0 Å². The van der Waals surface area contributed by atoms with Crippen LogP contribution in [0.5, 0.6) is 11.5 Å². The van der Waals surface area contributed by atoms with E-state index >= 15 is 0 Å². The molecule has 0 spiro atoms. The summed E-state index contributed by atoms with van der Waals surface area (Å²) < 4.78 is 23.5. The van der Waals surface area contributed by atoms with Crippen molar-refractivity contribution in [2.45, 2.75) is 64.6 Å². The third-order valence-corrected chi connectivity index (χ3v) is 7.33. The van der Waals surface area contributed by atoms with E-state index in [0.717, 1.165) is 37.2 Å². The Labute approximate surface area is 202 Å². The Balaban J connectivity index is 1.37. The lowest BCUT2D eigenvalue weighted by molar-refractivity contribution is -0.146. The van der Waals surface area contributed by atoms with Crippen LogP contribution < -0.4 is 9.47 Å². The smallest absolute Gasteiger partial charge is 0.302 e. The molecule has 2 aliphatic heterocycles. The molecule has 4 unspecified atom stereocenters. The number of fused-ring (bicyclic) bond motifs is 1. The second-order valence-electron chi connectivity index (χ2n) is 10.1. The van der Waals surface area contributed by atoms with Crippen LogP contribution in [0.4, 0.5) is 0 Å². The monoisotopic (exact) mass is 464 g/mol. The maximum absolute atomic E-state index is 11.4. The van der Waals surface area contributed by atoms with E-state index in [0.29, 0.717) is 31.7 Å². The molecule has 0 bridgehead atoms. The van der Waals surface area contributed by atoms with Gasteiger partial charge < -0.3 is 18.9 Å². The molecular formula is C29H36O5. The molecule has 5 heteroatoms. The van der Waals surface area contributed by atoms with Gasteiger partial charge in [-0.25, -0.2) is 0 Å². The molecule has 5 nitrogen and oxygen atoms in total. The van der Waals surface area contributed by atoms with E-state index < -0.39 is 0 Å². The number of benzene rings is 1. The molecule has 1 aromatic carbocycles. The Morgan fingerprint density at radius 1 is 1.12 bits per heavy atom. The molecule has 1 aromatic rings. The molecule has 1 saturated heterocycles. The van der Waals surface area contributed by atoms with Crippen molar-refractivity contribution in [3.8, 4) is 11.5 Å². The summed E-state index contributed by atoms with van der Waals surface area (Å²) in [7, 11) is 0. The van der Waals surface area contributed by atoms with Crippen LogP contribution in [0.25, 0.3) is 0 Å². The van der Waals surface area contributed by atoms with Gasteiger partial charge in [0.15, 0.2) is 11.5 Å². The van der Waals surface area contributed by atoms with Crippen molar-refractivity contribution < 1.29 is 23.7 Å². The fraction of sp³-hybridized carbons (Fsp3) is 0.552. The number of rotatable bonds is 7. The van der Waals surface area contributed by atoms with Gasteiger partial charge in [0.2, 0.25) is 0 Å². The van der Waals surface area contributed by atoms with E-state index in [4.69, 9.17) is 18.9 Å². The van der Waals surface area contributed by atoms with Gasteiger partial charge in [0.1, 0.15) is 13.2 Å². The molecular weight excluding hydrogens is 428 g/mol. The first-order chi connectivity index (χ1) is 16.6. The van der Waals surface area contributed by atoms with E-state index in [2.05, 4.69) is 43.4 Å². The van der Waals surface area contributed by atoms with Gasteiger partial charge in [-0.15, -0.1) is 0 Å². The summed E-state index contributed by atoms with van der Waals surface area (Å²) in [4.78, 5) is 11.4. The standard InChI is InChI=1S/C29H36O5/c1-3-25-14-21(18-33-19(2)30)16-28(34-25)23-5-4-6-26(22-8-9-22)24(17-23)13-20-7-10-27-29(15-20)32-12-11-31-27/h4-7,10,15,17,21-23,25,28H,3,8-9,11-14,16,18H2,1-2H3. The third-order valence-electron chi connectivity index (χ3n) is 7.33. The largest absolute Gasteiger partial charge is 0.486 e. The zero-order valence-electron chi connectivity index (χ0n) is 20.3. The van der Waals surface area contributed by atoms with Gasteiger partial charge in [-0.3, -0.25) is 4.79 Å². The van der Waals surface area contributed by atoms with Crippen LogP contribution in [0.2, 0.25) is 0 Å². The van der Waals surface area contributed by atoms with Crippen molar-refractivity contribution >= 4 is 5.97 Å². The summed E-state index contributed by atoms with van der Waals surface area (Å²) in [5.41, 5.74) is 4.10. The van der Waals surface area contributed by atoms with E-state index in [-0.39, 0.29) is 24.1 Å². The second-order valence-corrected chi connectivity index (χ2v) is 10.1. The first-order valence-electron chi connectivity index (χ1n) is 12.9. The Hall–Kier alpha value is -2.53. The summed E-state index contributed by atoms with van der Waals surface area (Å²) in [6.07, 6.45) is 15.8. The van der Waals surface area contributed by atoms with Gasteiger partial charge in [-0.1, -0.05) is 37.3 Å². The quantitative estimate of drug-likeness (QED) is 0.493. The van der Waals surface area contributed by atoms with Gasteiger partial charge in [-0.2, -0.15) is 0 Å². The topological polar surface area (TPSA) is 54.0 Å². The highest BCUT2D eigenvalue weighted by Crippen LogP contribution is 2.43. The predicted molar refractivity (Wildman–Crippen MR) is 131 cm³/mol. The number of esters is 1. The lowest BCUT2D eigenvalue weighted by atomic mass is 9.84. The molecule has 34 heavy (non-hydrogen) atoms. The van der Waals surface area contributed by atoms with Crippen LogP contribution in [0.3, 0.4) is 0 Å². The SMILES string of the molecule is CCC1CC(COC(C)=O)CC(C2C=CC=C(C3CC3)C(Cc3ccc4c(c3)OCCO4)=C2)O1. The molecule has 2 aliphatic carbocycles. The highest BCUT2D eigenvalue weighted by molar-refractivity contribution is 5.65. The van der Waals surface area contributed by atoms with Crippen molar-refractivity contribution in [3.05, 3.63) is 59.2 Å². The molecule has 182 valence electrons. The molecule has 0 amide bonds. The molecule has 2 fully saturated rings. The number of ether oxygens (including phenoxy) is 4. The number of hydrogen-bond acceptors (Lipinski definition) is 5. The van der Waals surface area contributed by atoms with Gasteiger partial charge in [-0.05, 0) is 79.2 Å². The van der Waals surface area contributed by atoms with Crippen molar-refractivity contribution in [2.75, 3.05) is 19.8 Å². The van der Waals surface area contributed by atoms with Gasteiger partial charge in [0, 0.05) is 12.8 Å². The van der Waals surface area contributed by atoms with Crippen LogP contribution in [-0.2, 0) is 20.7 Å². The lowest BCUT2D eigenvalue weighted by Crippen LogP contribution is -2.38. The molecule has 4 atom stereocenters. The maximum atomic E-state index is 11.4. The zero-order chi connectivity index (χ0) is 23.5. The average molecular weight is 465 g/mol. The molecule has 0 radical (unpaired) electrons. The normalized spacial score (nSPS) is 28.5. The minimum absolute atomic E-state index is 0.0951. The lowest BCUT2D eigenvalue weighted by Gasteiger charge is -2.37. The van der Waals surface area contributed by atoms with Crippen LogP contribution in [0.15, 0.2) is 53.6 Å². The highest BCUT2D eigenvalue weighted by Gasteiger charge is 2.34. The number of hydrogen-bond donors (Lipinski definition) is 0. The summed E-state index contributed by atoms with van der Waals surface area (Å²) in [5.74, 6) is 2.69. The zero-order valence-corrected chi connectivity index (χ0v) is 20.3. The summed E-state index contributed by atoms with van der Waals surface area (Å²) >= 11 is 0. The Morgan fingerprint density at radius 2 is 1.94 bits per heavy atom. The third kappa shape index (κ3) is 5.57. The summed E-state index contributed by atoms with van der Waals surface area (Å²) in [6, 6.07) is 6.32. The Kier molecular flexibility index (Phi) is 7.10.